The van der Waals surface area contributed by atoms with E-state index in [0.29, 0.717) is 58.4 Å². The van der Waals surface area contributed by atoms with Crippen LogP contribution >= 0.6 is 35.4 Å². The number of benzene rings is 2. The highest BCUT2D eigenvalue weighted by Crippen LogP contribution is 2.31. The van der Waals surface area contributed by atoms with Crippen LogP contribution in [-0.2, 0) is 0 Å². The monoisotopic (exact) mass is 461 g/mol. The Kier molecular flexibility index (Phi) is 5.94. The highest BCUT2D eigenvalue weighted by molar-refractivity contribution is 7.80. The SMILES string of the molecule is O=[N+]([O-])c1ccccc1N1CCN(C(=S)c2ccc(-c3ccc(Cl)c(Cl)c3)o2)CC1. The summed E-state index contributed by atoms with van der Waals surface area (Å²) in [6.07, 6.45) is 0. The van der Waals surface area contributed by atoms with Gasteiger partial charge in [0.25, 0.3) is 5.69 Å². The summed E-state index contributed by atoms with van der Waals surface area (Å²) in [5.74, 6) is 1.26. The van der Waals surface area contributed by atoms with Crippen molar-refractivity contribution in [1.82, 2.24) is 4.90 Å². The maximum atomic E-state index is 11.3. The first-order chi connectivity index (χ1) is 14.4. The molecule has 2 aromatic carbocycles. The van der Waals surface area contributed by atoms with Crippen LogP contribution in [0.4, 0.5) is 11.4 Å². The maximum absolute atomic E-state index is 11.3. The minimum atomic E-state index is -0.347. The first-order valence-electron chi connectivity index (χ1n) is 9.27. The summed E-state index contributed by atoms with van der Waals surface area (Å²) in [6.45, 7) is 2.55. The van der Waals surface area contributed by atoms with Gasteiger partial charge >= 0.3 is 0 Å². The largest absolute Gasteiger partial charge is 0.454 e. The van der Waals surface area contributed by atoms with Crippen LogP contribution in [-0.4, -0.2) is 41.0 Å². The molecule has 0 saturated carbocycles. The van der Waals surface area contributed by atoms with Gasteiger partial charge in [-0.05, 0) is 36.4 Å². The third-order valence-corrected chi connectivity index (χ3v) is 6.21. The van der Waals surface area contributed by atoms with Gasteiger partial charge in [-0.2, -0.15) is 0 Å². The summed E-state index contributed by atoms with van der Waals surface area (Å²) in [6, 6.07) is 15.8. The summed E-state index contributed by atoms with van der Waals surface area (Å²) >= 11 is 17.7. The van der Waals surface area contributed by atoms with E-state index in [-0.39, 0.29) is 10.6 Å². The van der Waals surface area contributed by atoms with E-state index in [4.69, 9.17) is 39.8 Å². The number of nitro benzene ring substituents is 1. The number of halogens is 2. The van der Waals surface area contributed by atoms with Crippen molar-refractivity contribution < 1.29 is 9.34 Å². The van der Waals surface area contributed by atoms with Gasteiger partial charge in [0.15, 0.2) is 5.76 Å². The smallest absolute Gasteiger partial charge is 0.292 e. The van der Waals surface area contributed by atoms with Gasteiger partial charge in [0.1, 0.15) is 16.4 Å². The fourth-order valence-electron chi connectivity index (χ4n) is 3.45. The van der Waals surface area contributed by atoms with Crippen molar-refractivity contribution in [1.29, 1.82) is 0 Å². The van der Waals surface area contributed by atoms with Crippen molar-refractivity contribution in [3.8, 4) is 11.3 Å². The molecule has 0 radical (unpaired) electrons. The Morgan fingerprint density at radius 1 is 1.00 bits per heavy atom. The molecule has 4 rings (SSSR count). The molecular formula is C21H17Cl2N3O3S. The third kappa shape index (κ3) is 4.14. The minimum absolute atomic E-state index is 0.117. The van der Waals surface area contributed by atoms with Crippen LogP contribution in [0.1, 0.15) is 5.76 Å². The Balaban J connectivity index is 1.45. The van der Waals surface area contributed by atoms with E-state index in [9.17, 15) is 10.1 Å². The number of thiocarbonyl (C=S) groups is 1. The first-order valence-corrected chi connectivity index (χ1v) is 10.4. The predicted molar refractivity (Wildman–Crippen MR) is 123 cm³/mol. The molecule has 6 nitrogen and oxygen atoms in total. The Morgan fingerprint density at radius 3 is 2.43 bits per heavy atom. The molecule has 154 valence electrons. The van der Waals surface area contributed by atoms with Crippen LogP contribution < -0.4 is 4.90 Å². The molecule has 0 amide bonds. The molecule has 1 aliphatic rings. The second-order valence-corrected chi connectivity index (χ2v) is 8.02. The Hall–Kier alpha value is -2.61. The van der Waals surface area contributed by atoms with Crippen LogP contribution in [0, 0.1) is 10.1 Å². The van der Waals surface area contributed by atoms with E-state index in [0.717, 1.165) is 5.56 Å². The fourth-order valence-corrected chi connectivity index (χ4v) is 4.04. The van der Waals surface area contributed by atoms with E-state index < -0.39 is 0 Å². The number of hydrogen-bond donors (Lipinski definition) is 0. The van der Waals surface area contributed by atoms with Crippen LogP contribution in [0.2, 0.25) is 10.0 Å². The molecule has 0 atom stereocenters. The lowest BCUT2D eigenvalue weighted by Gasteiger charge is -2.36. The Labute approximate surface area is 188 Å². The van der Waals surface area contributed by atoms with Crippen molar-refractivity contribution >= 4 is 51.8 Å². The van der Waals surface area contributed by atoms with Gasteiger partial charge in [0.2, 0.25) is 0 Å². The number of rotatable bonds is 4. The van der Waals surface area contributed by atoms with Gasteiger partial charge in [-0.3, -0.25) is 10.1 Å². The number of anilines is 1. The molecule has 1 aromatic heterocycles. The number of piperazine rings is 1. The highest BCUT2D eigenvalue weighted by Gasteiger charge is 2.25. The molecule has 0 spiro atoms. The Morgan fingerprint density at radius 2 is 1.73 bits per heavy atom. The number of nitrogens with zero attached hydrogens (tertiary/aromatic N) is 3. The molecule has 1 aliphatic heterocycles. The molecule has 1 saturated heterocycles. The van der Waals surface area contributed by atoms with E-state index in [1.807, 2.05) is 29.2 Å². The van der Waals surface area contributed by atoms with Crippen LogP contribution in [0.3, 0.4) is 0 Å². The van der Waals surface area contributed by atoms with Crippen molar-refractivity contribution in [3.63, 3.8) is 0 Å². The van der Waals surface area contributed by atoms with Crippen molar-refractivity contribution in [2.75, 3.05) is 31.1 Å². The molecule has 0 N–H and O–H groups in total. The molecule has 9 heteroatoms. The predicted octanol–water partition coefficient (Wildman–Crippen LogP) is 5.66. The molecular weight excluding hydrogens is 445 g/mol. The van der Waals surface area contributed by atoms with Gasteiger partial charge in [-0.25, -0.2) is 0 Å². The van der Waals surface area contributed by atoms with Gasteiger partial charge in [0, 0.05) is 37.8 Å². The molecule has 0 bridgehead atoms. The lowest BCUT2D eigenvalue weighted by molar-refractivity contribution is -0.384. The van der Waals surface area contributed by atoms with E-state index in [1.165, 1.54) is 6.07 Å². The molecule has 0 unspecified atom stereocenters. The van der Waals surface area contributed by atoms with E-state index in [2.05, 4.69) is 4.90 Å². The quantitative estimate of drug-likeness (QED) is 0.283. The van der Waals surface area contributed by atoms with Gasteiger partial charge in [0.05, 0.1) is 15.0 Å². The summed E-state index contributed by atoms with van der Waals surface area (Å²) < 4.78 is 5.95. The number of furan rings is 1. The summed E-state index contributed by atoms with van der Waals surface area (Å²) in [7, 11) is 0. The van der Waals surface area contributed by atoms with Crippen molar-refractivity contribution in [2.24, 2.45) is 0 Å². The molecule has 3 aromatic rings. The zero-order chi connectivity index (χ0) is 21.3. The Bertz CT molecular complexity index is 1110. The second kappa shape index (κ2) is 8.63. The lowest BCUT2D eigenvalue weighted by Crippen LogP contribution is -2.48. The molecule has 2 heterocycles. The van der Waals surface area contributed by atoms with Crippen LogP contribution in [0.5, 0.6) is 0 Å². The highest BCUT2D eigenvalue weighted by atomic mass is 35.5. The summed E-state index contributed by atoms with van der Waals surface area (Å²) in [4.78, 5) is 15.6. The fraction of sp³-hybridized carbons (Fsp3) is 0.190. The van der Waals surface area contributed by atoms with Crippen molar-refractivity contribution in [3.05, 3.63) is 80.5 Å². The standard InChI is InChI=1S/C21H17Cl2N3O3S/c22-15-6-5-14(13-16(15)23)19-7-8-20(29-19)21(30)25-11-9-24(10-12-25)17-3-1-2-4-18(17)26(27)28/h1-8,13H,9-12H2. The minimum Gasteiger partial charge on any atom is -0.454 e. The number of para-hydroxylation sites is 2. The third-order valence-electron chi connectivity index (χ3n) is 5.01. The van der Waals surface area contributed by atoms with E-state index >= 15 is 0 Å². The average molecular weight is 462 g/mol. The normalized spacial score (nSPS) is 14.1. The lowest BCUT2D eigenvalue weighted by atomic mass is 10.2. The van der Waals surface area contributed by atoms with Crippen molar-refractivity contribution in [2.45, 2.75) is 0 Å². The number of nitro groups is 1. The average Bonchev–Trinajstić information content (AvgIpc) is 3.25. The van der Waals surface area contributed by atoms with Crippen LogP contribution in [0.25, 0.3) is 11.3 Å². The van der Waals surface area contributed by atoms with Gasteiger partial charge < -0.3 is 14.2 Å². The summed E-state index contributed by atoms with van der Waals surface area (Å²) in [5, 5.41) is 12.2. The molecule has 1 fully saturated rings. The topological polar surface area (TPSA) is 62.8 Å². The second-order valence-electron chi connectivity index (χ2n) is 6.82. The summed E-state index contributed by atoms with van der Waals surface area (Å²) in [5.41, 5.74) is 1.57. The molecule has 30 heavy (non-hydrogen) atoms. The molecule has 0 aliphatic carbocycles. The van der Waals surface area contributed by atoms with Crippen LogP contribution in [0.15, 0.2) is 59.0 Å². The van der Waals surface area contributed by atoms with Gasteiger partial charge in [-0.15, -0.1) is 0 Å². The maximum Gasteiger partial charge on any atom is 0.292 e. The van der Waals surface area contributed by atoms with Gasteiger partial charge in [-0.1, -0.05) is 47.6 Å². The van der Waals surface area contributed by atoms with E-state index in [1.54, 1.807) is 24.3 Å². The number of hydrogen-bond acceptors (Lipinski definition) is 5. The first kappa shape index (κ1) is 20.7. The zero-order valence-corrected chi connectivity index (χ0v) is 18.1. The zero-order valence-electron chi connectivity index (χ0n) is 15.8.